The number of pyridine rings is 1. The maximum atomic E-state index is 13.6. The largest absolute Gasteiger partial charge is 0.435 e. The van der Waals surface area contributed by atoms with E-state index in [2.05, 4.69) is 10.1 Å². The van der Waals surface area contributed by atoms with E-state index in [9.17, 15) is 8.78 Å². The zero-order chi connectivity index (χ0) is 15.6. The number of ether oxygens (including phenoxy) is 1. The molecule has 110 valence electrons. The van der Waals surface area contributed by atoms with Crippen molar-refractivity contribution in [1.29, 1.82) is 0 Å². The van der Waals surface area contributed by atoms with Crippen LogP contribution in [0.2, 0.25) is 0 Å². The summed E-state index contributed by atoms with van der Waals surface area (Å²) < 4.78 is 32.1. The van der Waals surface area contributed by atoms with Crippen LogP contribution in [0.4, 0.5) is 8.78 Å². The average Bonchev–Trinajstić information content (AvgIpc) is 2.41. The Morgan fingerprint density at radius 2 is 2.00 bits per heavy atom. The first-order valence-corrected chi connectivity index (χ1v) is 6.01. The molecule has 0 spiro atoms. The SMILES string of the molecule is Cc1cc(C)c(C(N)=NO)c(Oc2cc(F)ccc2F)n1. The summed E-state index contributed by atoms with van der Waals surface area (Å²) in [6.45, 7) is 3.41. The van der Waals surface area contributed by atoms with Gasteiger partial charge >= 0.3 is 0 Å². The lowest BCUT2D eigenvalue weighted by molar-refractivity contribution is 0.318. The van der Waals surface area contributed by atoms with Crippen LogP contribution in [0, 0.1) is 25.5 Å². The summed E-state index contributed by atoms with van der Waals surface area (Å²) in [5, 5.41) is 11.7. The van der Waals surface area contributed by atoms with Crippen LogP contribution < -0.4 is 10.5 Å². The van der Waals surface area contributed by atoms with E-state index < -0.39 is 11.6 Å². The van der Waals surface area contributed by atoms with Crippen molar-refractivity contribution in [3.8, 4) is 11.6 Å². The van der Waals surface area contributed by atoms with E-state index in [4.69, 9.17) is 15.7 Å². The molecule has 0 saturated carbocycles. The summed E-state index contributed by atoms with van der Waals surface area (Å²) in [5.74, 6) is -2.03. The number of nitrogens with two attached hydrogens (primary N) is 1. The van der Waals surface area contributed by atoms with Crippen LogP contribution in [0.5, 0.6) is 11.6 Å². The molecule has 1 aromatic carbocycles. The van der Waals surface area contributed by atoms with Gasteiger partial charge in [-0.1, -0.05) is 5.16 Å². The van der Waals surface area contributed by atoms with E-state index in [1.165, 1.54) is 0 Å². The molecule has 0 aliphatic carbocycles. The van der Waals surface area contributed by atoms with Crippen LogP contribution >= 0.6 is 0 Å². The molecule has 3 N–H and O–H groups in total. The molecular weight excluding hydrogens is 280 g/mol. The number of amidine groups is 1. The molecule has 2 rings (SSSR count). The van der Waals surface area contributed by atoms with Gasteiger partial charge in [0, 0.05) is 11.8 Å². The number of aryl methyl sites for hydroxylation is 2. The molecule has 0 radical (unpaired) electrons. The van der Waals surface area contributed by atoms with E-state index >= 15 is 0 Å². The topological polar surface area (TPSA) is 80.7 Å². The summed E-state index contributed by atoms with van der Waals surface area (Å²) in [7, 11) is 0. The summed E-state index contributed by atoms with van der Waals surface area (Å²) >= 11 is 0. The summed E-state index contributed by atoms with van der Waals surface area (Å²) in [5.41, 5.74) is 7.02. The number of benzene rings is 1. The second kappa shape index (κ2) is 5.74. The second-order valence-electron chi connectivity index (χ2n) is 4.42. The first-order chi connectivity index (χ1) is 9.92. The van der Waals surface area contributed by atoms with E-state index in [0.29, 0.717) is 11.3 Å². The number of halogens is 2. The minimum absolute atomic E-state index is 0.0627. The van der Waals surface area contributed by atoms with Crippen molar-refractivity contribution in [3.63, 3.8) is 0 Å². The third-order valence-electron chi connectivity index (χ3n) is 2.78. The van der Waals surface area contributed by atoms with Crippen molar-refractivity contribution in [1.82, 2.24) is 4.98 Å². The Labute approximate surface area is 119 Å². The molecule has 1 aromatic heterocycles. The van der Waals surface area contributed by atoms with Gasteiger partial charge in [-0.2, -0.15) is 0 Å². The highest BCUT2D eigenvalue weighted by molar-refractivity contribution is 6.00. The van der Waals surface area contributed by atoms with Gasteiger partial charge in [-0.25, -0.2) is 13.8 Å². The highest BCUT2D eigenvalue weighted by Gasteiger charge is 2.17. The second-order valence-corrected chi connectivity index (χ2v) is 4.42. The van der Waals surface area contributed by atoms with Crippen LogP contribution in [0.1, 0.15) is 16.8 Å². The summed E-state index contributed by atoms with van der Waals surface area (Å²) in [6, 6.07) is 4.50. The Bertz CT molecular complexity index is 718. The van der Waals surface area contributed by atoms with Crippen LogP contribution in [-0.2, 0) is 0 Å². The molecule has 5 nitrogen and oxygen atoms in total. The fourth-order valence-electron chi connectivity index (χ4n) is 1.90. The Morgan fingerprint density at radius 3 is 2.67 bits per heavy atom. The number of hydrogen-bond acceptors (Lipinski definition) is 4. The van der Waals surface area contributed by atoms with Gasteiger partial charge in [0.2, 0.25) is 5.88 Å². The maximum absolute atomic E-state index is 13.6. The normalized spacial score (nSPS) is 11.5. The smallest absolute Gasteiger partial charge is 0.231 e. The molecule has 0 bridgehead atoms. The summed E-state index contributed by atoms with van der Waals surface area (Å²) in [6.07, 6.45) is 0. The summed E-state index contributed by atoms with van der Waals surface area (Å²) in [4.78, 5) is 4.09. The standard InChI is InChI=1S/C14H13F2N3O2/c1-7-5-8(2)18-14(12(7)13(17)19-20)21-11-6-9(15)3-4-10(11)16/h3-6,20H,1-2H3,(H2,17,19). The quantitative estimate of drug-likeness (QED) is 0.394. The highest BCUT2D eigenvalue weighted by atomic mass is 19.1. The molecule has 0 amide bonds. The lowest BCUT2D eigenvalue weighted by Crippen LogP contribution is -2.17. The number of aromatic nitrogens is 1. The molecule has 0 aliphatic rings. The first kappa shape index (κ1) is 14.7. The number of nitrogens with zero attached hydrogens (tertiary/aromatic N) is 2. The molecule has 21 heavy (non-hydrogen) atoms. The van der Waals surface area contributed by atoms with Crippen LogP contribution in [0.25, 0.3) is 0 Å². The van der Waals surface area contributed by atoms with Gasteiger partial charge in [0.1, 0.15) is 5.82 Å². The van der Waals surface area contributed by atoms with Crippen molar-refractivity contribution in [2.75, 3.05) is 0 Å². The fourth-order valence-corrected chi connectivity index (χ4v) is 1.90. The minimum atomic E-state index is -0.747. The Balaban J connectivity index is 2.55. The maximum Gasteiger partial charge on any atom is 0.231 e. The molecular formula is C14H13F2N3O2. The molecule has 0 fully saturated rings. The molecule has 2 aromatic rings. The zero-order valence-electron chi connectivity index (χ0n) is 11.4. The van der Waals surface area contributed by atoms with Crippen molar-refractivity contribution in [3.05, 3.63) is 52.7 Å². The Hall–Kier alpha value is -2.70. The Morgan fingerprint density at radius 1 is 1.29 bits per heavy atom. The van der Waals surface area contributed by atoms with E-state index in [0.717, 1.165) is 18.2 Å². The van der Waals surface area contributed by atoms with Gasteiger partial charge in [-0.3, -0.25) is 0 Å². The molecule has 1 heterocycles. The van der Waals surface area contributed by atoms with Crippen molar-refractivity contribution in [2.45, 2.75) is 13.8 Å². The first-order valence-electron chi connectivity index (χ1n) is 6.01. The molecule has 7 heteroatoms. The lowest BCUT2D eigenvalue weighted by atomic mass is 10.1. The van der Waals surface area contributed by atoms with Gasteiger partial charge in [-0.15, -0.1) is 0 Å². The van der Waals surface area contributed by atoms with Gasteiger partial charge < -0.3 is 15.7 Å². The molecule has 0 saturated heterocycles. The average molecular weight is 293 g/mol. The monoisotopic (exact) mass is 293 g/mol. The predicted octanol–water partition coefficient (Wildman–Crippen LogP) is 2.86. The highest BCUT2D eigenvalue weighted by Crippen LogP contribution is 2.28. The zero-order valence-corrected chi connectivity index (χ0v) is 11.4. The molecule has 0 aliphatic heterocycles. The van der Waals surface area contributed by atoms with Crippen molar-refractivity contribution >= 4 is 5.84 Å². The fraction of sp³-hybridized carbons (Fsp3) is 0.143. The van der Waals surface area contributed by atoms with E-state index in [1.54, 1.807) is 19.9 Å². The molecule has 0 atom stereocenters. The predicted molar refractivity (Wildman–Crippen MR) is 72.7 cm³/mol. The van der Waals surface area contributed by atoms with E-state index in [1.807, 2.05) is 0 Å². The third kappa shape index (κ3) is 3.07. The van der Waals surface area contributed by atoms with E-state index in [-0.39, 0.29) is 23.0 Å². The van der Waals surface area contributed by atoms with Crippen LogP contribution in [0.15, 0.2) is 29.4 Å². The van der Waals surface area contributed by atoms with Gasteiger partial charge in [0.05, 0.1) is 5.56 Å². The van der Waals surface area contributed by atoms with Crippen molar-refractivity contribution in [2.24, 2.45) is 10.9 Å². The number of rotatable bonds is 3. The number of oxime groups is 1. The minimum Gasteiger partial charge on any atom is -0.435 e. The Kier molecular flexibility index (Phi) is 4.02. The van der Waals surface area contributed by atoms with Crippen molar-refractivity contribution < 1.29 is 18.7 Å². The van der Waals surface area contributed by atoms with Gasteiger partial charge in [0.25, 0.3) is 0 Å². The molecule has 0 unspecified atom stereocenters. The van der Waals surface area contributed by atoms with Gasteiger partial charge in [-0.05, 0) is 37.6 Å². The van der Waals surface area contributed by atoms with Crippen LogP contribution in [-0.4, -0.2) is 16.0 Å². The third-order valence-corrected chi connectivity index (χ3v) is 2.78. The van der Waals surface area contributed by atoms with Crippen LogP contribution in [0.3, 0.4) is 0 Å². The lowest BCUT2D eigenvalue weighted by Gasteiger charge is -2.13. The number of hydrogen-bond donors (Lipinski definition) is 2. The van der Waals surface area contributed by atoms with Gasteiger partial charge in [0.15, 0.2) is 17.4 Å².